The highest BCUT2D eigenvalue weighted by Gasteiger charge is 2.11. The number of alkyl halides is 1. The second-order valence-electron chi connectivity index (χ2n) is 2.49. The monoisotopic (exact) mass is 199 g/mol. The molecule has 0 rings (SSSR count). The van der Waals surface area contributed by atoms with Crippen molar-refractivity contribution in [1.82, 2.24) is 4.72 Å². The van der Waals surface area contributed by atoms with Gasteiger partial charge in [0.25, 0.3) is 0 Å². The van der Waals surface area contributed by atoms with E-state index in [9.17, 15) is 8.42 Å². The molecule has 1 atom stereocenters. The van der Waals surface area contributed by atoms with Crippen molar-refractivity contribution in [3.8, 4) is 0 Å². The fourth-order valence-corrected chi connectivity index (χ4v) is 2.19. The zero-order chi connectivity index (χ0) is 8.91. The molecule has 0 saturated carbocycles. The van der Waals surface area contributed by atoms with Gasteiger partial charge in [0, 0.05) is 11.9 Å². The summed E-state index contributed by atoms with van der Waals surface area (Å²) in [5, 5.41) is 0. The van der Waals surface area contributed by atoms with Crippen LogP contribution in [0.15, 0.2) is 0 Å². The number of halogens is 1. The average molecular weight is 200 g/mol. The zero-order valence-electron chi connectivity index (χ0n) is 6.80. The largest absolute Gasteiger partial charge is 0.212 e. The molecule has 0 heterocycles. The van der Waals surface area contributed by atoms with Gasteiger partial charge >= 0.3 is 0 Å². The van der Waals surface area contributed by atoms with E-state index in [2.05, 4.69) is 4.72 Å². The van der Waals surface area contributed by atoms with E-state index in [4.69, 9.17) is 11.6 Å². The molecule has 11 heavy (non-hydrogen) atoms. The van der Waals surface area contributed by atoms with Crippen LogP contribution in [-0.4, -0.2) is 26.1 Å². The van der Waals surface area contributed by atoms with Crippen LogP contribution in [0.1, 0.15) is 20.3 Å². The molecule has 0 aromatic carbocycles. The Hall–Kier alpha value is 0.200. The van der Waals surface area contributed by atoms with Crippen molar-refractivity contribution in [2.24, 2.45) is 0 Å². The third-order valence-corrected chi connectivity index (χ3v) is 3.26. The van der Waals surface area contributed by atoms with Gasteiger partial charge in [-0.05, 0) is 13.3 Å². The highest BCUT2D eigenvalue weighted by atomic mass is 35.5. The first-order chi connectivity index (χ1) is 5.02. The summed E-state index contributed by atoms with van der Waals surface area (Å²) in [5.41, 5.74) is 0. The van der Waals surface area contributed by atoms with Crippen LogP contribution in [0.4, 0.5) is 0 Å². The van der Waals surface area contributed by atoms with Gasteiger partial charge in [0.15, 0.2) is 0 Å². The fourth-order valence-electron chi connectivity index (χ4n) is 0.666. The van der Waals surface area contributed by atoms with Crippen molar-refractivity contribution in [1.29, 1.82) is 0 Å². The molecule has 0 spiro atoms. The standard InChI is InChI=1S/C6H14ClNO2S/c1-3-4-11(9,10)8-6(2)5-7/h6,8H,3-5H2,1-2H3. The van der Waals surface area contributed by atoms with Crippen LogP contribution in [0.3, 0.4) is 0 Å². The normalized spacial score (nSPS) is 14.8. The first-order valence-corrected chi connectivity index (χ1v) is 5.76. The van der Waals surface area contributed by atoms with Crippen LogP contribution in [-0.2, 0) is 10.0 Å². The molecule has 0 aromatic heterocycles. The van der Waals surface area contributed by atoms with Gasteiger partial charge in [0.05, 0.1) is 5.75 Å². The van der Waals surface area contributed by atoms with E-state index in [1.165, 1.54) is 0 Å². The summed E-state index contributed by atoms with van der Waals surface area (Å²) in [7, 11) is -3.08. The van der Waals surface area contributed by atoms with Crippen LogP contribution in [0, 0.1) is 0 Å². The molecule has 68 valence electrons. The summed E-state index contributed by atoms with van der Waals surface area (Å²) in [6.07, 6.45) is 0.629. The van der Waals surface area contributed by atoms with Crippen molar-refractivity contribution in [2.45, 2.75) is 26.3 Å². The van der Waals surface area contributed by atoms with Gasteiger partial charge < -0.3 is 0 Å². The summed E-state index contributed by atoms with van der Waals surface area (Å²) < 4.78 is 24.5. The molecule has 0 fully saturated rings. The van der Waals surface area contributed by atoms with Gasteiger partial charge in [-0.3, -0.25) is 0 Å². The van der Waals surface area contributed by atoms with Crippen molar-refractivity contribution in [3.63, 3.8) is 0 Å². The molecule has 0 aliphatic carbocycles. The SMILES string of the molecule is CCCS(=O)(=O)NC(C)CCl. The maximum atomic E-state index is 11.0. The summed E-state index contributed by atoms with van der Waals surface area (Å²) in [4.78, 5) is 0. The quantitative estimate of drug-likeness (QED) is 0.670. The molecular formula is C6H14ClNO2S. The van der Waals surface area contributed by atoms with Crippen LogP contribution in [0.5, 0.6) is 0 Å². The van der Waals surface area contributed by atoms with Crippen LogP contribution in [0.2, 0.25) is 0 Å². The summed E-state index contributed by atoms with van der Waals surface area (Å²) in [5.74, 6) is 0.483. The highest BCUT2D eigenvalue weighted by Crippen LogP contribution is 1.93. The fraction of sp³-hybridized carbons (Fsp3) is 1.00. The van der Waals surface area contributed by atoms with Crippen LogP contribution >= 0.6 is 11.6 Å². The van der Waals surface area contributed by atoms with Crippen molar-refractivity contribution in [3.05, 3.63) is 0 Å². The molecule has 1 N–H and O–H groups in total. The number of rotatable bonds is 5. The van der Waals surface area contributed by atoms with E-state index in [0.29, 0.717) is 12.3 Å². The third kappa shape index (κ3) is 5.47. The molecule has 1 unspecified atom stereocenters. The molecule has 0 aliphatic rings. The van der Waals surface area contributed by atoms with Gasteiger partial charge in [-0.25, -0.2) is 13.1 Å². The lowest BCUT2D eigenvalue weighted by atomic mass is 10.4. The Morgan fingerprint density at radius 3 is 2.45 bits per heavy atom. The third-order valence-electron chi connectivity index (χ3n) is 1.09. The molecule has 3 nitrogen and oxygen atoms in total. The second-order valence-corrected chi connectivity index (χ2v) is 4.67. The minimum atomic E-state index is -3.08. The molecular weight excluding hydrogens is 186 g/mol. The maximum absolute atomic E-state index is 11.0. The predicted octanol–water partition coefficient (Wildman–Crippen LogP) is 0.943. The summed E-state index contributed by atoms with van der Waals surface area (Å²) in [6.45, 7) is 3.56. The average Bonchev–Trinajstić information content (AvgIpc) is 1.86. The minimum Gasteiger partial charge on any atom is -0.212 e. The lowest BCUT2D eigenvalue weighted by Crippen LogP contribution is -2.35. The molecule has 5 heteroatoms. The van der Waals surface area contributed by atoms with E-state index in [0.717, 1.165) is 0 Å². The topological polar surface area (TPSA) is 46.2 Å². The van der Waals surface area contributed by atoms with E-state index in [1.807, 2.05) is 6.92 Å². The van der Waals surface area contributed by atoms with Crippen molar-refractivity contribution < 1.29 is 8.42 Å². The smallest absolute Gasteiger partial charge is 0.211 e. The Kier molecular flexibility index (Phi) is 5.04. The maximum Gasteiger partial charge on any atom is 0.211 e. The van der Waals surface area contributed by atoms with Gasteiger partial charge in [0.1, 0.15) is 0 Å². The van der Waals surface area contributed by atoms with Gasteiger partial charge in [-0.15, -0.1) is 11.6 Å². The van der Waals surface area contributed by atoms with Gasteiger partial charge in [-0.1, -0.05) is 6.92 Å². The Labute approximate surface area is 73.2 Å². The first kappa shape index (κ1) is 11.2. The number of hydrogen-bond donors (Lipinski definition) is 1. The summed E-state index contributed by atoms with van der Waals surface area (Å²) in [6, 6.07) is -0.173. The number of sulfonamides is 1. The lowest BCUT2D eigenvalue weighted by Gasteiger charge is -2.09. The molecule has 0 aromatic rings. The van der Waals surface area contributed by atoms with Gasteiger partial charge in [0.2, 0.25) is 10.0 Å². The van der Waals surface area contributed by atoms with Crippen molar-refractivity contribution in [2.75, 3.05) is 11.6 Å². The molecule has 0 saturated heterocycles. The molecule has 0 bridgehead atoms. The zero-order valence-corrected chi connectivity index (χ0v) is 8.37. The predicted molar refractivity (Wildman–Crippen MR) is 47.4 cm³/mol. The number of nitrogens with one attached hydrogen (secondary N) is 1. The Bertz CT molecular complexity index is 191. The lowest BCUT2D eigenvalue weighted by molar-refractivity contribution is 0.569. The van der Waals surface area contributed by atoms with Gasteiger partial charge in [-0.2, -0.15) is 0 Å². The van der Waals surface area contributed by atoms with E-state index in [1.54, 1.807) is 6.92 Å². The van der Waals surface area contributed by atoms with Crippen LogP contribution in [0.25, 0.3) is 0 Å². The molecule has 0 amide bonds. The second kappa shape index (κ2) is 4.95. The van der Waals surface area contributed by atoms with Crippen molar-refractivity contribution >= 4 is 21.6 Å². The number of hydrogen-bond acceptors (Lipinski definition) is 2. The van der Waals surface area contributed by atoms with E-state index >= 15 is 0 Å². The molecule has 0 aliphatic heterocycles. The molecule has 0 radical (unpaired) electrons. The first-order valence-electron chi connectivity index (χ1n) is 3.57. The summed E-state index contributed by atoms with van der Waals surface area (Å²) >= 11 is 5.43. The van der Waals surface area contributed by atoms with E-state index in [-0.39, 0.29) is 11.8 Å². The highest BCUT2D eigenvalue weighted by molar-refractivity contribution is 7.89. The Morgan fingerprint density at radius 1 is 1.55 bits per heavy atom. The Balaban J connectivity index is 3.92. The van der Waals surface area contributed by atoms with E-state index < -0.39 is 10.0 Å². The Morgan fingerprint density at radius 2 is 2.09 bits per heavy atom. The van der Waals surface area contributed by atoms with Crippen LogP contribution < -0.4 is 4.72 Å². The minimum absolute atomic E-state index is 0.173.